The predicted octanol–water partition coefficient (Wildman–Crippen LogP) is 1.97. The molecule has 1 heterocycles. The van der Waals surface area contributed by atoms with Crippen LogP contribution in [0.15, 0.2) is 29.1 Å². The highest BCUT2D eigenvalue weighted by Crippen LogP contribution is 2.48. The van der Waals surface area contributed by atoms with E-state index in [-0.39, 0.29) is 43.0 Å². The molecule has 1 amide bonds. The number of fused-ring (bicyclic) bond motifs is 3. The Labute approximate surface area is 156 Å². The Balaban J connectivity index is 1.46. The molecule has 1 aromatic heterocycles. The Hall–Kier alpha value is -1.99. The molecule has 2 aromatic rings. The Morgan fingerprint density at radius 1 is 1.31 bits per heavy atom. The summed E-state index contributed by atoms with van der Waals surface area (Å²) in [5, 5.41) is 13.3. The third-order valence-electron chi connectivity index (χ3n) is 6.08. The maximum atomic E-state index is 12.6. The van der Waals surface area contributed by atoms with Crippen LogP contribution in [0.4, 0.5) is 0 Å². The van der Waals surface area contributed by atoms with Crippen molar-refractivity contribution >= 4 is 29.0 Å². The van der Waals surface area contributed by atoms with Gasteiger partial charge >= 0.3 is 0 Å². The van der Waals surface area contributed by atoms with Crippen LogP contribution in [0.2, 0.25) is 0 Å². The largest absolute Gasteiger partial charge is 0.396 e. The molecule has 4 rings (SSSR count). The number of rotatable bonds is 5. The van der Waals surface area contributed by atoms with Crippen LogP contribution < -0.4 is 10.9 Å². The summed E-state index contributed by atoms with van der Waals surface area (Å²) >= 11 is 5.29. The summed E-state index contributed by atoms with van der Waals surface area (Å²) in [7, 11) is 0. The lowest BCUT2D eigenvalue weighted by molar-refractivity contribution is -0.122. The monoisotopic (exact) mass is 373 g/mol. The first kappa shape index (κ1) is 17.4. The molecular formula is C19H23N3O3S. The number of nitrogens with one attached hydrogen (secondary N) is 2. The van der Waals surface area contributed by atoms with Gasteiger partial charge in [0, 0.05) is 31.5 Å². The highest BCUT2D eigenvalue weighted by atomic mass is 32.1. The van der Waals surface area contributed by atoms with Crippen molar-refractivity contribution in [3.63, 3.8) is 0 Å². The minimum atomic E-state index is -0.176. The number of aliphatic hydroxyl groups is 1. The van der Waals surface area contributed by atoms with E-state index in [1.807, 2.05) is 18.2 Å². The molecule has 2 fully saturated rings. The molecule has 0 aliphatic heterocycles. The van der Waals surface area contributed by atoms with Crippen LogP contribution in [0.1, 0.15) is 25.7 Å². The molecule has 0 spiro atoms. The van der Waals surface area contributed by atoms with Gasteiger partial charge in [-0.25, -0.2) is 0 Å². The summed E-state index contributed by atoms with van der Waals surface area (Å²) in [6.07, 6.45) is 3.58. The molecule has 4 atom stereocenters. The summed E-state index contributed by atoms with van der Waals surface area (Å²) in [5.41, 5.74) is 0.529. The maximum absolute atomic E-state index is 12.6. The van der Waals surface area contributed by atoms with E-state index in [2.05, 4.69) is 10.3 Å². The standard InChI is InChI=1S/C19H23N3O3S/c23-10-14-11-5-6-12(9-11)17(14)21-16(24)7-8-22-18(25)13-3-1-2-4-15(13)20-19(22)26/h1-4,11-12,14,17,23H,5-10H2,(H,20,26)(H,21,24). The van der Waals surface area contributed by atoms with Crippen molar-refractivity contribution in [2.45, 2.75) is 38.3 Å². The molecule has 1 aromatic carbocycles. The highest BCUT2D eigenvalue weighted by Gasteiger charge is 2.47. The molecule has 26 heavy (non-hydrogen) atoms. The smallest absolute Gasteiger partial charge is 0.262 e. The molecule has 2 aliphatic rings. The van der Waals surface area contributed by atoms with Gasteiger partial charge in [0.1, 0.15) is 0 Å². The van der Waals surface area contributed by atoms with Gasteiger partial charge in [-0.15, -0.1) is 0 Å². The Kier molecular flexibility index (Phi) is 4.67. The fourth-order valence-corrected chi connectivity index (χ4v) is 5.06. The number of carbonyl (C=O) groups is 1. The second-order valence-electron chi connectivity index (χ2n) is 7.46. The van der Waals surface area contributed by atoms with E-state index in [4.69, 9.17) is 12.2 Å². The van der Waals surface area contributed by atoms with Gasteiger partial charge < -0.3 is 15.4 Å². The van der Waals surface area contributed by atoms with Gasteiger partial charge in [-0.2, -0.15) is 0 Å². The van der Waals surface area contributed by atoms with Crippen molar-refractivity contribution < 1.29 is 9.90 Å². The van der Waals surface area contributed by atoms with Gasteiger partial charge in [-0.3, -0.25) is 14.2 Å². The molecule has 2 aliphatic carbocycles. The Morgan fingerprint density at radius 3 is 2.88 bits per heavy atom. The van der Waals surface area contributed by atoms with E-state index in [1.165, 1.54) is 4.57 Å². The van der Waals surface area contributed by atoms with Gasteiger partial charge in [0.05, 0.1) is 10.9 Å². The second kappa shape index (κ2) is 6.96. The summed E-state index contributed by atoms with van der Waals surface area (Å²) in [6.45, 7) is 0.372. The number of aromatic nitrogens is 2. The first-order valence-corrected chi connectivity index (χ1v) is 9.61. The molecule has 4 unspecified atom stereocenters. The van der Waals surface area contributed by atoms with Crippen LogP contribution in [0.25, 0.3) is 10.9 Å². The van der Waals surface area contributed by atoms with Crippen LogP contribution in [-0.2, 0) is 11.3 Å². The van der Waals surface area contributed by atoms with Crippen molar-refractivity contribution in [3.8, 4) is 0 Å². The summed E-state index contributed by atoms with van der Waals surface area (Å²) in [6, 6.07) is 7.28. The van der Waals surface area contributed by atoms with Gasteiger partial charge in [0.15, 0.2) is 4.77 Å². The maximum Gasteiger partial charge on any atom is 0.262 e. The van der Waals surface area contributed by atoms with Crippen molar-refractivity contribution in [1.82, 2.24) is 14.9 Å². The zero-order chi connectivity index (χ0) is 18.3. The number of nitrogens with zero attached hydrogens (tertiary/aromatic N) is 1. The summed E-state index contributed by atoms with van der Waals surface area (Å²) < 4.78 is 1.77. The fraction of sp³-hybridized carbons (Fsp3) is 0.526. The number of hydrogen-bond donors (Lipinski definition) is 3. The van der Waals surface area contributed by atoms with E-state index in [9.17, 15) is 14.7 Å². The lowest BCUT2D eigenvalue weighted by Crippen LogP contribution is -2.45. The number of hydrogen-bond acceptors (Lipinski definition) is 4. The molecule has 7 heteroatoms. The van der Waals surface area contributed by atoms with Crippen LogP contribution in [0, 0.1) is 22.5 Å². The van der Waals surface area contributed by atoms with Crippen molar-refractivity contribution in [2.75, 3.05) is 6.61 Å². The minimum absolute atomic E-state index is 0.0640. The van der Waals surface area contributed by atoms with Gasteiger partial charge in [-0.1, -0.05) is 12.1 Å². The SMILES string of the molecule is O=C(CCn1c(=S)[nH]c2ccccc2c1=O)NC1C2CCC(C2)C1CO. The Bertz CT molecular complexity index is 951. The topological polar surface area (TPSA) is 87.1 Å². The lowest BCUT2D eigenvalue weighted by atomic mass is 9.85. The molecule has 2 bridgehead atoms. The van der Waals surface area contributed by atoms with Crippen LogP contribution in [0.3, 0.4) is 0 Å². The number of amides is 1. The van der Waals surface area contributed by atoms with Crippen LogP contribution >= 0.6 is 12.2 Å². The quantitative estimate of drug-likeness (QED) is 0.700. The third kappa shape index (κ3) is 2.99. The van der Waals surface area contributed by atoms with Gasteiger partial charge in [0.2, 0.25) is 5.91 Å². The third-order valence-corrected chi connectivity index (χ3v) is 6.40. The van der Waals surface area contributed by atoms with Crippen molar-refractivity contribution in [1.29, 1.82) is 0 Å². The van der Waals surface area contributed by atoms with Gasteiger partial charge in [-0.05, 0) is 55.4 Å². The summed E-state index contributed by atoms with van der Waals surface area (Å²) in [5.74, 6) is 1.10. The summed E-state index contributed by atoms with van der Waals surface area (Å²) in [4.78, 5) is 28.1. The van der Waals surface area contributed by atoms with E-state index in [0.717, 1.165) is 19.3 Å². The predicted molar refractivity (Wildman–Crippen MR) is 101 cm³/mol. The number of carbonyl (C=O) groups excluding carboxylic acids is 1. The molecule has 0 saturated heterocycles. The number of benzene rings is 1. The molecular weight excluding hydrogens is 350 g/mol. The molecule has 6 nitrogen and oxygen atoms in total. The van der Waals surface area contributed by atoms with Crippen LogP contribution in [-0.4, -0.2) is 33.2 Å². The van der Waals surface area contributed by atoms with Gasteiger partial charge in [0.25, 0.3) is 5.56 Å². The molecule has 0 radical (unpaired) electrons. The first-order chi connectivity index (χ1) is 12.6. The normalized spacial score (nSPS) is 27.1. The van der Waals surface area contributed by atoms with Crippen LogP contribution in [0.5, 0.6) is 0 Å². The van der Waals surface area contributed by atoms with E-state index in [1.54, 1.807) is 6.07 Å². The van der Waals surface area contributed by atoms with E-state index >= 15 is 0 Å². The number of aliphatic hydroxyl groups excluding tert-OH is 1. The zero-order valence-electron chi connectivity index (χ0n) is 14.5. The number of para-hydroxylation sites is 1. The first-order valence-electron chi connectivity index (χ1n) is 9.20. The minimum Gasteiger partial charge on any atom is -0.396 e. The molecule has 3 N–H and O–H groups in total. The average molecular weight is 373 g/mol. The average Bonchev–Trinajstić information content (AvgIpc) is 3.23. The lowest BCUT2D eigenvalue weighted by Gasteiger charge is -2.30. The molecule has 2 saturated carbocycles. The fourth-order valence-electron chi connectivity index (χ4n) is 4.77. The Morgan fingerprint density at radius 2 is 2.08 bits per heavy atom. The molecule has 138 valence electrons. The number of aromatic amines is 1. The van der Waals surface area contributed by atoms with E-state index in [0.29, 0.717) is 27.5 Å². The van der Waals surface area contributed by atoms with Crippen molar-refractivity contribution in [2.24, 2.45) is 17.8 Å². The van der Waals surface area contributed by atoms with Crippen molar-refractivity contribution in [3.05, 3.63) is 39.4 Å². The second-order valence-corrected chi connectivity index (χ2v) is 7.84. The van der Waals surface area contributed by atoms with E-state index < -0.39 is 0 Å². The number of H-pyrrole nitrogens is 1. The highest BCUT2D eigenvalue weighted by molar-refractivity contribution is 7.71. The zero-order valence-corrected chi connectivity index (χ0v) is 15.3.